The van der Waals surface area contributed by atoms with Gasteiger partial charge in [0.25, 0.3) is 5.91 Å². The summed E-state index contributed by atoms with van der Waals surface area (Å²) >= 11 is 6.65. The molecule has 1 amide bonds. The lowest BCUT2D eigenvalue weighted by atomic mass is 10.0. The molecule has 13 heteroatoms. The largest absolute Gasteiger partial charge is 0.493 e. The SMILES string of the molecule is COc1cc(C2NC(=O)c3ccccc3N2Cl)ccc1OCCOc1cc(C2=CC(c3cc(OC)c(OC)c(OC)c3)ON2)ccc1OC. The molecule has 6 rings (SSSR count). The highest BCUT2D eigenvalue weighted by atomic mass is 35.5. The van der Waals surface area contributed by atoms with E-state index in [4.69, 9.17) is 49.8 Å². The topological polar surface area (TPSA) is 118 Å². The van der Waals surface area contributed by atoms with Crippen LogP contribution in [0.3, 0.4) is 0 Å². The molecule has 0 saturated carbocycles. The maximum atomic E-state index is 12.7. The molecule has 2 atom stereocenters. The number of hydroxylamine groups is 1. The molecule has 49 heavy (non-hydrogen) atoms. The van der Waals surface area contributed by atoms with Crippen LogP contribution < -0.4 is 48.4 Å². The number of nitrogens with zero attached hydrogens (tertiary/aromatic N) is 1. The van der Waals surface area contributed by atoms with Crippen molar-refractivity contribution in [1.82, 2.24) is 10.8 Å². The van der Waals surface area contributed by atoms with Crippen molar-refractivity contribution in [3.05, 3.63) is 101 Å². The normalized spacial score (nSPS) is 16.5. The highest BCUT2D eigenvalue weighted by Crippen LogP contribution is 2.42. The molecule has 2 N–H and O–H groups in total. The van der Waals surface area contributed by atoms with E-state index in [0.717, 1.165) is 22.4 Å². The zero-order chi connectivity index (χ0) is 34.5. The minimum absolute atomic E-state index is 0.209. The quantitative estimate of drug-likeness (QED) is 0.123. The fourth-order valence-electron chi connectivity index (χ4n) is 5.63. The van der Waals surface area contributed by atoms with Crippen molar-refractivity contribution < 1.29 is 42.8 Å². The van der Waals surface area contributed by atoms with E-state index in [-0.39, 0.29) is 19.1 Å². The third kappa shape index (κ3) is 6.78. The molecule has 2 unspecified atom stereocenters. The molecule has 0 saturated heterocycles. The van der Waals surface area contributed by atoms with Gasteiger partial charge in [-0.25, -0.2) is 0 Å². The Morgan fingerprint density at radius 2 is 1.37 bits per heavy atom. The van der Waals surface area contributed by atoms with Crippen LogP contribution in [0.5, 0.6) is 40.2 Å². The van der Waals surface area contributed by atoms with Gasteiger partial charge in [0.2, 0.25) is 5.75 Å². The number of rotatable bonds is 13. The first-order valence-corrected chi connectivity index (χ1v) is 15.6. The lowest BCUT2D eigenvalue weighted by Crippen LogP contribution is -2.42. The Labute approximate surface area is 289 Å². The Bertz CT molecular complexity index is 1840. The number of ether oxygens (including phenoxy) is 7. The second-order valence-electron chi connectivity index (χ2n) is 10.9. The highest BCUT2D eigenvalue weighted by Gasteiger charge is 2.31. The van der Waals surface area contributed by atoms with Crippen molar-refractivity contribution in [2.45, 2.75) is 12.3 Å². The lowest BCUT2D eigenvalue weighted by Gasteiger charge is -2.34. The maximum absolute atomic E-state index is 12.7. The third-order valence-electron chi connectivity index (χ3n) is 8.08. The predicted molar refractivity (Wildman–Crippen MR) is 183 cm³/mol. The van der Waals surface area contributed by atoms with Gasteiger partial charge in [-0.2, -0.15) is 0 Å². The molecule has 4 aromatic rings. The molecule has 0 spiro atoms. The molecule has 0 fully saturated rings. The minimum Gasteiger partial charge on any atom is -0.493 e. The number of anilines is 1. The number of para-hydroxylation sites is 1. The Morgan fingerprint density at radius 3 is 2.06 bits per heavy atom. The Balaban J connectivity index is 1.11. The van der Waals surface area contributed by atoms with E-state index in [1.807, 2.05) is 48.5 Å². The first-order chi connectivity index (χ1) is 23.9. The molecule has 2 aliphatic heterocycles. The third-order valence-corrected chi connectivity index (χ3v) is 8.46. The first-order valence-electron chi connectivity index (χ1n) is 15.3. The van der Waals surface area contributed by atoms with Gasteiger partial charge in [-0.3, -0.25) is 19.5 Å². The van der Waals surface area contributed by atoms with E-state index in [0.29, 0.717) is 51.5 Å². The van der Waals surface area contributed by atoms with Crippen molar-refractivity contribution >= 4 is 29.1 Å². The van der Waals surface area contributed by atoms with Gasteiger partial charge in [0.05, 0.1) is 52.5 Å². The van der Waals surface area contributed by atoms with Crippen LogP contribution in [0, 0.1) is 0 Å². The van der Waals surface area contributed by atoms with Crippen molar-refractivity contribution in [3.8, 4) is 40.2 Å². The fourth-order valence-corrected chi connectivity index (χ4v) is 5.94. The summed E-state index contributed by atoms with van der Waals surface area (Å²) in [5, 5.41) is 2.94. The molecule has 2 aliphatic rings. The van der Waals surface area contributed by atoms with Crippen LogP contribution in [-0.4, -0.2) is 54.7 Å². The van der Waals surface area contributed by atoms with Crippen molar-refractivity contribution in [2.75, 3.05) is 53.2 Å². The summed E-state index contributed by atoms with van der Waals surface area (Å²) in [5.41, 5.74) is 7.26. The molecule has 256 valence electrons. The number of hydrogen-bond donors (Lipinski definition) is 2. The van der Waals surface area contributed by atoms with Crippen LogP contribution in [0.15, 0.2) is 78.9 Å². The second-order valence-corrected chi connectivity index (χ2v) is 11.2. The van der Waals surface area contributed by atoms with Crippen molar-refractivity contribution in [2.24, 2.45) is 0 Å². The van der Waals surface area contributed by atoms with Gasteiger partial charge >= 0.3 is 0 Å². The molecular weight excluding hydrogens is 654 g/mol. The summed E-state index contributed by atoms with van der Waals surface area (Å²) in [5.74, 6) is 3.44. The van der Waals surface area contributed by atoms with E-state index in [1.54, 1.807) is 65.9 Å². The van der Waals surface area contributed by atoms with E-state index in [2.05, 4.69) is 10.8 Å². The standard InChI is InChI=1S/C36H36ClN3O9/c1-42-27-12-10-21(25-20-29(49-39-25)23-18-32(44-3)34(46-5)33(19-23)45-4)16-31(27)48-15-14-47-28-13-11-22(17-30(28)43-2)35-38-36(41)24-8-6-7-9-26(24)40(35)37/h6-13,16-20,29,35,39H,14-15H2,1-5H3,(H,38,41). The van der Waals surface area contributed by atoms with Gasteiger partial charge < -0.3 is 38.5 Å². The maximum Gasteiger partial charge on any atom is 0.255 e. The number of nitrogens with one attached hydrogen (secondary N) is 2. The number of benzene rings is 4. The molecule has 2 heterocycles. The summed E-state index contributed by atoms with van der Waals surface area (Å²) < 4.78 is 41.2. The smallest absolute Gasteiger partial charge is 0.255 e. The highest BCUT2D eigenvalue weighted by molar-refractivity contribution is 6.28. The summed E-state index contributed by atoms with van der Waals surface area (Å²) in [6.45, 7) is 0.429. The van der Waals surface area contributed by atoms with Gasteiger partial charge in [0.1, 0.15) is 25.5 Å². The van der Waals surface area contributed by atoms with Gasteiger partial charge in [-0.15, -0.1) is 0 Å². The zero-order valence-corrected chi connectivity index (χ0v) is 28.3. The number of carbonyl (C=O) groups excluding carboxylic acids is 1. The van der Waals surface area contributed by atoms with Crippen LogP contribution >= 0.6 is 11.8 Å². The molecule has 12 nitrogen and oxygen atoms in total. The number of halogens is 1. The number of fused-ring (bicyclic) bond motifs is 1. The van der Waals surface area contributed by atoms with Crippen molar-refractivity contribution in [1.29, 1.82) is 0 Å². The monoisotopic (exact) mass is 689 g/mol. The molecular formula is C36H36ClN3O9. The molecule has 0 aromatic heterocycles. The lowest BCUT2D eigenvalue weighted by molar-refractivity contribution is 0.0508. The summed E-state index contributed by atoms with van der Waals surface area (Å²) in [4.78, 5) is 18.6. The average Bonchev–Trinajstić information content (AvgIpc) is 3.65. The Morgan fingerprint density at radius 1 is 0.714 bits per heavy atom. The van der Waals surface area contributed by atoms with Crippen LogP contribution in [0.25, 0.3) is 5.70 Å². The zero-order valence-electron chi connectivity index (χ0n) is 27.6. The van der Waals surface area contributed by atoms with Gasteiger partial charge in [-0.05, 0) is 71.8 Å². The molecule has 4 aromatic carbocycles. The number of methoxy groups -OCH3 is 5. The van der Waals surface area contributed by atoms with Gasteiger partial charge in [0, 0.05) is 17.3 Å². The number of carbonyl (C=O) groups is 1. The van der Waals surface area contributed by atoms with Crippen molar-refractivity contribution in [3.63, 3.8) is 0 Å². The first kappa shape index (κ1) is 33.4. The molecule has 0 radical (unpaired) electrons. The summed E-state index contributed by atoms with van der Waals surface area (Å²) in [7, 11) is 7.83. The van der Waals surface area contributed by atoms with Crippen LogP contribution in [-0.2, 0) is 4.84 Å². The minimum atomic E-state index is -0.595. The van der Waals surface area contributed by atoms with E-state index < -0.39 is 12.3 Å². The second kappa shape index (κ2) is 14.8. The van der Waals surface area contributed by atoms with Gasteiger partial charge in [0.15, 0.2) is 34.5 Å². The van der Waals surface area contributed by atoms with Crippen LogP contribution in [0.1, 0.15) is 39.3 Å². The average molecular weight is 690 g/mol. The Kier molecular flexibility index (Phi) is 10.1. The number of amides is 1. The number of hydrogen-bond acceptors (Lipinski definition) is 11. The van der Waals surface area contributed by atoms with Crippen LogP contribution in [0.4, 0.5) is 5.69 Å². The Hall–Kier alpha value is -5.46. The molecule has 0 bridgehead atoms. The summed E-state index contributed by atoms with van der Waals surface area (Å²) in [6.07, 6.45) is 0.941. The van der Waals surface area contributed by atoms with E-state index in [9.17, 15) is 4.79 Å². The fraction of sp³-hybridized carbons (Fsp3) is 0.250. The predicted octanol–water partition coefficient (Wildman–Crippen LogP) is 6.21. The van der Waals surface area contributed by atoms with Gasteiger partial charge in [-0.1, -0.05) is 18.2 Å². The van der Waals surface area contributed by atoms with E-state index >= 15 is 0 Å². The van der Waals surface area contributed by atoms with Crippen LogP contribution in [0.2, 0.25) is 0 Å². The molecule has 0 aliphatic carbocycles. The van der Waals surface area contributed by atoms with E-state index in [1.165, 1.54) is 4.42 Å². The summed E-state index contributed by atoms with van der Waals surface area (Å²) in [6, 6.07) is 21.8.